The molecule has 3 aromatic rings. The molecule has 0 bridgehead atoms. The molecule has 0 N–H and O–H groups in total. The minimum absolute atomic E-state index is 0.114. The topological polar surface area (TPSA) is 67.7 Å². The molecular formula is C26H31ClN4O3. The van der Waals surface area contributed by atoms with Crippen molar-refractivity contribution in [2.24, 2.45) is 0 Å². The second-order valence-electron chi connectivity index (χ2n) is 8.91. The smallest absolute Gasteiger partial charge is 0.262 e. The zero-order valence-electron chi connectivity index (χ0n) is 19.8. The van der Waals surface area contributed by atoms with Gasteiger partial charge in [0.2, 0.25) is 5.91 Å². The highest BCUT2D eigenvalue weighted by molar-refractivity contribution is 6.30. The fraction of sp³-hybridized carbons (Fsp3) is 0.423. The average molecular weight is 483 g/mol. The normalized spacial score (nSPS) is 14.3. The molecule has 2 aromatic carbocycles. The van der Waals surface area contributed by atoms with Crippen LogP contribution in [0.5, 0.6) is 5.75 Å². The highest BCUT2D eigenvalue weighted by atomic mass is 35.5. The summed E-state index contributed by atoms with van der Waals surface area (Å²) in [5.41, 5.74) is 0.944. The maximum atomic E-state index is 13.5. The van der Waals surface area contributed by atoms with E-state index >= 15 is 0 Å². The summed E-state index contributed by atoms with van der Waals surface area (Å²) in [5.74, 6) is 0.841. The molecule has 0 saturated carbocycles. The van der Waals surface area contributed by atoms with Crippen molar-refractivity contribution in [1.29, 1.82) is 0 Å². The lowest BCUT2D eigenvalue weighted by atomic mass is 10.1. The van der Waals surface area contributed by atoms with Crippen molar-refractivity contribution >= 4 is 28.4 Å². The van der Waals surface area contributed by atoms with Crippen molar-refractivity contribution < 1.29 is 9.53 Å². The molecule has 7 nitrogen and oxygen atoms in total. The van der Waals surface area contributed by atoms with Gasteiger partial charge in [0.15, 0.2) is 0 Å². The van der Waals surface area contributed by atoms with Crippen LogP contribution in [0.15, 0.2) is 47.3 Å². The largest absolute Gasteiger partial charge is 0.494 e. The number of carbonyl (C=O) groups is 1. The predicted octanol–water partition coefficient (Wildman–Crippen LogP) is 4.06. The minimum atomic E-state index is -0.283. The molecule has 180 valence electrons. The minimum Gasteiger partial charge on any atom is -0.494 e. The summed E-state index contributed by atoms with van der Waals surface area (Å²) in [4.78, 5) is 34.7. The van der Waals surface area contributed by atoms with E-state index in [4.69, 9.17) is 21.3 Å². The molecule has 1 saturated heterocycles. The molecule has 1 fully saturated rings. The van der Waals surface area contributed by atoms with E-state index in [1.807, 2.05) is 12.1 Å². The monoisotopic (exact) mass is 482 g/mol. The summed E-state index contributed by atoms with van der Waals surface area (Å²) in [6, 6.07) is 12.5. The van der Waals surface area contributed by atoms with Crippen molar-refractivity contribution in [3.8, 4) is 17.1 Å². The lowest BCUT2D eigenvalue weighted by Crippen LogP contribution is -2.33. The summed E-state index contributed by atoms with van der Waals surface area (Å²) in [6.07, 6.45) is 4.82. The number of carbonyl (C=O) groups excluding carboxylic acids is 1. The molecular weight excluding hydrogens is 452 g/mol. The first-order chi connectivity index (χ1) is 16.4. The number of halogens is 1. The third-order valence-corrected chi connectivity index (χ3v) is 6.37. The number of rotatable bonds is 8. The fourth-order valence-corrected chi connectivity index (χ4v) is 4.41. The predicted molar refractivity (Wildman–Crippen MR) is 136 cm³/mol. The number of hydrogen-bond donors (Lipinski definition) is 0. The Morgan fingerprint density at radius 1 is 1.12 bits per heavy atom. The maximum Gasteiger partial charge on any atom is 0.262 e. The highest BCUT2D eigenvalue weighted by Crippen LogP contribution is 2.24. The number of benzene rings is 2. The molecule has 4 rings (SSSR count). The first-order valence-corrected chi connectivity index (χ1v) is 12.2. The highest BCUT2D eigenvalue weighted by Gasteiger charge is 2.17. The van der Waals surface area contributed by atoms with E-state index in [-0.39, 0.29) is 18.0 Å². The number of piperidine rings is 1. The zero-order chi connectivity index (χ0) is 24.1. The van der Waals surface area contributed by atoms with Gasteiger partial charge in [0.1, 0.15) is 18.1 Å². The fourth-order valence-electron chi connectivity index (χ4n) is 4.22. The van der Waals surface area contributed by atoms with Crippen LogP contribution in [-0.4, -0.2) is 65.6 Å². The number of nitrogens with zero attached hydrogens (tertiary/aromatic N) is 4. The Morgan fingerprint density at radius 3 is 2.65 bits per heavy atom. The van der Waals surface area contributed by atoms with Crippen LogP contribution < -0.4 is 10.3 Å². The molecule has 1 amide bonds. The molecule has 1 aromatic heterocycles. The molecule has 0 radical (unpaired) electrons. The van der Waals surface area contributed by atoms with Crippen LogP contribution >= 0.6 is 11.6 Å². The van der Waals surface area contributed by atoms with Gasteiger partial charge < -0.3 is 14.5 Å². The molecule has 8 heteroatoms. The Labute approximate surface area is 204 Å². The lowest BCUT2D eigenvalue weighted by Gasteiger charge is -2.26. The summed E-state index contributed by atoms with van der Waals surface area (Å²) in [6.45, 7) is 3.84. The summed E-state index contributed by atoms with van der Waals surface area (Å²) in [5, 5.41) is 0.955. The van der Waals surface area contributed by atoms with E-state index in [0.717, 1.165) is 13.0 Å². The van der Waals surface area contributed by atoms with Gasteiger partial charge in [-0.1, -0.05) is 30.2 Å². The number of fused-ring (bicyclic) bond motifs is 1. The van der Waals surface area contributed by atoms with Gasteiger partial charge in [-0.05, 0) is 62.7 Å². The molecule has 1 aliphatic rings. The van der Waals surface area contributed by atoms with Crippen molar-refractivity contribution in [1.82, 2.24) is 19.4 Å². The van der Waals surface area contributed by atoms with E-state index in [1.54, 1.807) is 44.4 Å². The Hall–Kier alpha value is -2.90. The molecule has 2 heterocycles. The average Bonchev–Trinajstić information content (AvgIpc) is 2.84. The first-order valence-electron chi connectivity index (χ1n) is 11.8. The van der Waals surface area contributed by atoms with E-state index in [0.29, 0.717) is 39.7 Å². The van der Waals surface area contributed by atoms with Gasteiger partial charge in [-0.15, -0.1) is 0 Å². The number of ether oxygens (including phenoxy) is 1. The second-order valence-corrected chi connectivity index (χ2v) is 9.34. The Morgan fingerprint density at radius 2 is 1.91 bits per heavy atom. The van der Waals surface area contributed by atoms with Crippen molar-refractivity contribution in [2.45, 2.75) is 32.2 Å². The van der Waals surface area contributed by atoms with Crippen LogP contribution in [-0.2, 0) is 11.3 Å². The van der Waals surface area contributed by atoms with E-state index < -0.39 is 0 Å². The summed E-state index contributed by atoms with van der Waals surface area (Å²) < 4.78 is 7.37. The number of hydrogen-bond acceptors (Lipinski definition) is 5. The van der Waals surface area contributed by atoms with Gasteiger partial charge in [0.25, 0.3) is 5.56 Å². The van der Waals surface area contributed by atoms with Crippen LogP contribution in [0.3, 0.4) is 0 Å². The molecule has 34 heavy (non-hydrogen) atoms. The van der Waals surface area contributed by atoms with Gasteiger partial charge in [0.05, 0.1) is 17.5 Å². The molecule has 0 spiro atoms. The number of likely N-dealkylation sites (tertiary alicyclic amines) is 1. The van der Waals surface area contributed by atoms with Crippen LogP contribution in [0.25, 0.3) is 22.3 Å². The van der Waals surface area contributed by atoms with Crippen LogP contribution in [0.1, 0.15) is 25.7 Å². The van der Waals surface area contributed by atoms with Gasteiger partial charge >= 0.3 is 0 Å². The van der Waals surface area contributed by atoms with Gasteiger partial charge in [0, 0.05) is 31.2 Å². The standard InChI is InChI=1S/C26H31ClN4O3/c1-29(2)24(32)18-31-25(19-8-6-9-20(27)16-19)28-23-11-10-21(17-22(23)26(31)33)34-15-7-14-30-12-4-3-5-13-30/h6,8-11,16-17H,3-5,7,12-15,18H2,1-2H3. The first kappa shape index (κ1) is 24.2. The van der Waals surface area contributed by atoms with E-state index in [2.05, 4.69) is 4.90 Å². The lowest BCUT2D eigenvalue weighted by molar-refractivity contribution is -0.129. The third kappa shape index (κ3) is 5.77. The zero-order valence-corrected chi connectivity index (χ0v) is 20.6. The Kier molecular flexibility index (Phi) is 7.85. The second kappa shape index (κ2) is 11.0. The number of likely N-dealkylation sites (N-methyl/N-ethyl adjacent to an activating group) is 1. The molecule has 0 aliphatic carbocycles. The van der Waals surface area contributed by atoms with Gasteiger partial charge in [-0.3, -0.25) is 14.2 Å². The van der Waals surface area contributed by atoms with Crippen LogP contribution in [0.4, 0.5) is 0 Å². The third-order valence-electron chi connectivity index (χ3n) is 6.14. The molecule has 1 aliphatic heterocycles. The number of amides is 1. The van der Waals surface area contributed by atoms with Crippen molar-refractivity contribution in [3.63, 3.8) is 0 Å². The quantitative estimate of drug-likeness (QED) is 0.453. The van der Waals surface area contributed by atoms with E-state index in [1.165, 1.54) is 41.8 Å². The van der Waals surface area contributed by atoms with Crippen molar-refractivity contribution in [2.75, 3.05) is 40.3 Å². The van der Waals surface area contributed by atoms with Crippen molar-refractivity contribution in [3.05, 3.63) is 57.8 Å². The Balaban J connectivity index is 1.61. The molecule has 0 unspecified atom stereocenters. The Bertz CT molecular complexity index is 1220. The number of aromatic nitrogens is 2. The SMILES string of the molecule is CN(C)C(=O)Cn1c(-c2cccc(Cl)c2)nc2ccc(OCCCN3CCCCC3)cc2c1=O. The molecule has 0 atom stereocenters. The van der Waals surface area contributed by atoms with Crippen LogP contribution in [0.2, 0.25) is 5.02 Å². The summed E-state index contributed by atoms with van der Waals surface area (Å²) >= 11 is 6.18. The van der Waals surface area contributed by atoms with Gasteiger partial charge in [-0.2, -0.15) is 0 Å². The summed E-state index contributed by atoms with van der Waals surface area (Å²) in [7, 11) is 3.33. The van der Waals surface area contributed by atoms with Crippen LogP contribution in [0, 0.1) is 0 Å². The van der Waals surface area contributed by atoms with E-state index in [9.17, 15) is 9.59 Å². The van der Waals surface area contributed by atoms with Gasteiger partial charge in [-0.25, -0.2) is 4.98 Å². The maximum absolute atomic E-state index is 13.5.